The molecule has 128 valence electrons. The molecule has 1 aromatic heterocycles. The summed E-state index contributed by atoms with van der Waals surface area (Å²) in [5.41, 5.74) is 2.29. The topological polar surface area (TPSA) is 53.4 Å². The van der Waals surface area contributed by atoms with Crippen molar-refractivity contribution in [3.8, 4) is 0 Å². The average Bonchev–Trinajstić information content (AvgIpc) is 3.05. The van der Waals surface area contributed by atoms with Gasteiger partial charge in [0.15, 0.2) is 0 Å². The zero-order valence-corrected chi connectivity index (χ0v) is 14.5. The van der Waals surface area contributed by atoms with Crippen molar-refractivity contribution >= 4 is 17.1 Å². The third-order valence-corrected chi connectivity index (χ3v) is 5.45. The number of hydrogen-bond donors (Lipinski definition) is 1. The maximum atomic E-state index is 11.7. The highest BCUT2D eigenvalue weighted by atomic mass is 16.2. The lowest BCUT2D eigenvalue weighted by atomic mass is 9.89. The summed E-state index contributed by atoms with van der Waals surface area (Å²) in [7, 11) is 1.90. The first-order valence-corrected chi connectivity index (χ1v) is 8.81. The highest BCUT2D eigenvalue weighted by molar-refractivity contribution is 5.78. The van der Waals surface area contributed by atoms with Crippen LogP contribution >= 0.6 is 0 Å². The summed E-state index contributed by atoms with van der Waals surface area (Å²) >= 11 is 0. The van der Waals surface area contributed by atoms with E-state index >= 15 is 0 Å². The number of likely N-dealkylation sites (N-methyl/N-ethyl adjacent to an activating group) is 1. The second kappa shape index (κ2) is 5.77. The number of carbonyl (C=O) groups excluding carboxylic acids is 1. The van der Waals surface area contributed by atoms with Gasteiger partial charge >= 0.3 is 6.03 Å². The maximum absolute atomic E-state index is 11.7. The first-order valence-electron chi connectivity index (χ1n) is 8.81. The molecule has 1 aromatic carbocycles. The molecule has 2 aliphatic rings. The van der Waals surface area contributed by atoms with Crippen molar-refractivity contribution in [1.82, 2.24) is 24.7 Å². The van der Waals surface area contributed by atoms with Crippen LogP contribution in [0, 0.1) is 0 Å². The van der Waals surface area contributed by atoms with Crippen LogP contribution in [0.4, 0.5) is 4.79 Å². The number of aromatic nitrogens is 2. The van der Waals surface area contributed by atoms with E-state index in [2.05, 4.69) is 39.9 Å². The molecule has 1 N–H and O–H groups in total. The number of hydrogen-bond acceptors (Lipinski definition) is 3. The maximum Gasteiger partial charge on any atom is 0.317 e. The molecule has 6 heteroatoms. The standard InChI is InChI=1S/C18H25N5O/c1-3-4-9-23-15-8-6-5-7-14(15)20-16(23)10-22-12-18(13-22)11-19-17(24)21(18)2/h5-8H,3-4,9-13H2,1-2H3,(H,19,24). The van der Waals surface area contributed by atoms with Crippen molar-refractivity contribution in [2.75, 3.05) is 26.7 Å². The van der Waals surface area contributed by atoms with E-state index in [1.54, 1.807) is 0 Å². The van der Waals surface area contributed by atoms with E-state index in [0.717, 1.165) is 44.1 Å². The van der Waals surface area contributed by atoms with Crippen molar-refractivity contribution < 1.29 is 4.79 Å². The summed E-state index contributed by atoms with van der Waals surface area (Å²) in [4.78, 5) is 20.8. The monoisotopic (exact) mass is 327 g/mol. The molecule has 0 aliphatic carbocycles. The number of benzene rings is 1. The van der Waals surface area contributed by atoms with Gasteiger partial charge < -0.3 is 14.8 Å². The van der Waals surface area contributed by atoms with Gasteiger partial charge in [-0.05, 0) is 18.6 Å². The summed E-state index contributed by atoms with van der Waals surface area (Å²) in [5, 5.41) is 2.95. The fourth-order valence-corrected chi connectivity index (χ4v) is 3.93. The van der Waals surface area contributed by atoms with Gasteiger partial charge in [0.2, 0.25) is 0 Å². The highest BCUT2D eigenvalue weighted by Crippen LogP contribution is 2.31. The Morgan fingerprint density at radius 3 is 2.79 bits per heavy atom. The summed E-state index contributed by atoms with van der Waals surface area (Å²) in [5.74, 6) is 1.14. The zero-order chi connectivity index (χ0) is 16.7. The summed E-state index contributed by atoms with van der Waals surface area (Å²) in [6.45, 7) is 6.68. The Morgan fingerprint density at radius 1 is 1.29 bits per heavy atom. The molecule has 2 fully saturated rings. The zero-order valence-electron chi connectivity index (χ0n) is 14.5. The molecule has 4 rings (SSSR count). The number of imidazole rings is 1. The minimum absolute atomic E-state index is 0.0165. The number of para-hydroxylation sites is 2. The second-order valence-electron chi connectivity index (χ2n) is 7.11. The third-order valence-electron chi connectivity index (χ3n) is 5.45. The molecule has 0 bridgehead atoms. The predicted octanol–water partition coefficient (Wildman–Crippen LogP) is 2.05. The van der Waals surface area contributed by atoms with Gasteiger partial charge in [-0.1, -0.05) is 25.5 Å². The molecular formula is C18H25N5O. The van der Waals surface area contributed by atoms with E-state index in [9.17, 15) is 4.79 Å². The van der Waals surface area contributed by atoms with Crippen LogP contribution in [0.5, 0.6) is 0 Å². The van der Waals surface area contributed by atoms with Gasteiger partial charge in [-0.25, -0.2) is 9.78 Å². The molecule has 1 spiro atoms. The molecule has 6 nitrogen and oxygen atoms in total. The van der Waals surface area contributed by atoms with Crippen LogP contribution in [0.25, 0.3) is 11.0 Å². The molecule has 24 heavy (non-hydrogen) atoms. The number of rotatable bonds is 5. The number of nitrogens with one attached hydrogen (secondary N) is 1. The van der Waals surface area contributed by atoms with Crippen LogP contribution in [0.3, 0.4) is 0 Å². The van der Waals surface area contributed by atoms with Crippen LogP contribution in [-0.4, -0.2) is 57.6 Å². The summed E-state index contributed by atoms with van der Waals surface area (Å²) in [6.07, 6.45) is 2.34. The van der Waals surface area contributed by atoms with E-state index in [1.165, 1.54) is 18.4 Å². The molecule has 2 aromatic rings. The minimum Gasteiger partial charge on any atom is -0.336 e. The second-order valence-corrected chi connectivity index (χ2v) is 7.11. The van der Waals surface area contributed by atoms with Gasteiger partial charge in [0.25, 0.3) is 0 Å². The molecular weight excluding hydrogens is 302 g/mol. The van der Waals surface area contributed by atoms with Gasteiger partial charge in [-0.3, -0.25) is 4.90 Å². The molecule has 0 atom stereocenters. The predicted molar refractivity (Wildman–Crippen MR) is 93.8 cm³/mol. The van der Waals surface area contributed by atoms with Crippen molar-refractivity contribution in [2.24, 2.45) is 0 Å². The quantitative estimate of drug-likeness (QED) is 0.914. The normalized spacial score (nSPS) is 19.9. The van der Waals surface area contributed by atoms with Crippen LogP contribution < -0.4 is 5.32 Å². The molecule has 3 heterocycles. The van der Waals surface area contributed by atoms with Crippen LogP contribution in [-0.2, 0) is 13.1 Å². The van der Waals surface area contributed by atoms with E-state index < -0.39 is 0 Å². The number of unbranched alkanes of at least 4 members (excludes halogenated alkanes) is 1. The van der Waals surface area contributed by atoms with Crippen molar-refractivity contribution in [3.05, 3.63) is 30.1 Å². The molecule has 0 unspecified atom stereocenters. The Balaban J connectivity index is 1.52. The Kier molecular flexibility index (Phi) is 3.72. The number of urea groups is 1. The first kappa shape index (κ1) is 15.4. The highest BCUT2D eigenvalue weighted by Gasteiger charge is 2.51. The lowest BCUT2D eigenvalue weighted by Crippen LogP contribution is -2.68. The van der Waals surface area contributed by atoms with Gasteiger partial charge in [0.05, 0.1) is 23.1 Å². The first-order chi connectivity index (χ1) is 11.6. The van der Waals surface area contributed by atoms with Gasteiger partial charge in [0.1, 0.15) is 5.82 Å². The fourth-order valence-electron chi connectivity index (χ4n) is 3.93. The largest absolute Gasteiger partial charge is 0.336 e. The number of fused-ring (bicyclic) bond motifs is 1. The van der Waals surface area contributed by atoms with Gasteiger partial charge in [0, 0.05) is 33.2 Å². The van der Waals surface area contributed by atoms with Crippen LogP contribution in [0.15, 0.2) is 24.3 Å². The smallest absolute Gasteiger partial charge is 0.317 e. The molecule has 2 saturated heterocycles. The van der Waals surface area contributed by atoms with Gasteiger partial charge in [-0.2, -0.15) is 0 Å². The Bertz CT molecular complexity index is 762. The molecule has 2 amide bonds. The molecule has 2 aliphatic heterocycles. The summed E-state index contributed by atoms with van der Waals surface area (Å²) < 4.78 is 2.37. The Labute approximate surface area is 142 Å². The number of nitrogens with zero attached hydrogens (tertiary/aromatic N) is 4. The van der Waals surface area contributed by atoms with Crippen molar-refractivity contribution in [2.45, 2.75) is 38.4 Å². The van der Waals surface area contributed by atoms with E-state index in [1.807, 2.05) is 18.0 Å². The number of likely N-dealkylation sites (tertiary alicyclic amines) is 1. The average molecular weight is 327 g/mol. The SMILES string of the molecule is CCCCn1c(CN2CC3(CNC(=O)N3C)C2)nc2ccccc21. The molecule has 0 saturated carbocycles. The number of amides is 2. The minimum atomic E-state index is -0.0165. The number of aryl methyl sites for hydroxylation is 1. The van der Waals surface area contributed by atoms with Crippen LogP contribution in [0.1, 0.15) is 25.6 Å². The fraction of sp³-hybridized carbons (Fsp3) is 0.556. The molecule has 0 radical (unpaired) electrons. The Hall–Kier alpha value is -2.08. The number of carbonyl (C=O) groups is 1. The van der Waals surface area contributed by atoms with Crippen molar-refractivity contribution in [1.29, 1.82) is 0 Å². The van der Waals surface area contributed by atoms with E-state index in [-0.39, 0.29) is 11.6 Å². The third kappa shape index (κ3) is 2.36. The lowest BCUT2D eigenvalue weighted by molar-refractivity contribution is -0.00315. The van der Waals surface area contributed by atoms with Crippen LogP contribution in [0.2, 0.25) is 0 Å². The lowest BCUT2D eigenvalue weighted by Gasteiger charge is -2.50. The Morgan fingerprint density at radius 2 is 2.08 bits per heavy atom. The van der Waals surface area contributed by atoms with Crippen molar-refractivity contribution in [3.63, 3.8) is 0 Å². The van der Waals surface area contributed by atoms with E-state index in [4.69, 9.17) is 4.98 Å². The van der Waals surface area contributed by atoms with E-state index in [0.29, 0.717) is 0 Å². The van der Waals surface area contributed by atoms with Gasteiger partial charge in [-0.15, -0.1) is 0 Å². The summed E-state index contributed by atoms with van der Waals surface area (Å²) in [6, 6.07) is 8.43.